The molecular weight excluding hydrogens is 292 g/mol. The highest BCUT2D eigenvalue weighted by Gasteiger charge is 2.26. The molecule has 1 atom stereocenters. The fourth-order valence-electron chi connectivity index (χ4n) is 2.61. The molecule has 0 unspecified atom stereocenters. The van der Waals surface area contributed by atoms with E-state index in [0.717, 1.165) is 12.8 Å². The Hall–Kier alpha value is -2.94. The second-order valence-corrected chi connectivity index (χ2v) is 5.37. The molecule has 0 N–H and O–H groups in total. The normalized spacial score (nSPS) is 17.3. The molecule has 6 nitrogen and oxygen atoms in total. The number of nitriles is 1. The van der Waals surface area contributed by atoms with Gasteiger partial charge in [0.1, 0.15) is 6.10 Å². The van der Waals surface area contributed by atoms with Crippen molar-refractivity contribution in [3.63, 3.8) is 0 Å². The topological polar surface area (TPSA) is 79.1 Å². The van der Waals surface area contributed by atoms with Crippen molar-refractivity contribution >= 4 is 5.91 Å². The molecule has 1 fully saturated rings. The zero-order valence-electron chi connectivity index (χ0n) is 12.6. The molecule has 1 aliphatic heterocycles. The van der Waals surface area contributed by atoms with Gasteiger partial charge in [-0.25, -0.2) is 4.98 Å². The van der Waals surface area contributed by atoms with Crippen molar-refractivity contribution < 1.29 is 9.53 Å². The van der Waals surface area contributed by atoms with Crippen molar-refractivity contribution in [1.29, 1.82) is 5.26 Å². The first-order valence-electron chi connectivity index (χ1n) is 7.48. The van der Waals surface area contributed by atoms with E-state index in [-0.39, 0.29) is 12.0 Å². The van der Waals surface area contributed by atoms with Crippen LogP contribution in [0.25, 0.3) is 0 Å². The fourth-order valence-corrected chi connectivity index (χ4v) is 2.61. The predicted octanol–water partition coefficient (Wildman–Crippen LogP) is 2.03. The summed E-state index contributed by atoms with van der Waals surface area (Å²) in [6, 6.07) is 8.74. The minimum absolute atomic E-state index is 0.0399. The fraction of sp³-hybridized carbons (Fsp3) is 0.294. The lowest BCUT2D eigenvalue weighted by Crippen LogP contribution is -2.44. The molecule has 0 spiro atoms. The monoisotopic (exact) mass is 308 g/mol. The van der Waals surface area contributed by atoms with Crippen LogP contribution in [0, 0.1) is 11.3 Å². The Bertz CT molecular complexity index is 710. The van der Waals surface area contributed by atoms with Crippen LogP contribution >= 0.6 is 0 Å². The molecule has 1 saturated heterocycles. The Morgan fingerprint density at radius 3 is 2.83 bits per heavy atom. The minimum atomic E-state index is -0.0808. The number of carbonyl (C=O) groups excluding carboxylic acids is 1. The van der Waals surface area contributed by atoms with Gasteiger partial charge in [0.25, 0.3) is 5.91 Å². The molecular formula is C17H16N4O2. The molecule has 0 bridgehead atoms. The van der Waals surface area contributed by atoms with E-state index in [0.29, 0.717) is 30.1 Å². The van der Waals surface area contributed by atoms with Gasteiger partial charge in [-0.05, 0) is 37.1 Å². The first-order chi connectivity index (χ1) is 11.3. The first-order valence-corrected chi connectivity index (χ1v) is 7.48. The summed E-state index contributed by atoms with van der Waals surface area (Å²) in [7, 11) is 0. The molecule has 1 aliphatic rings. The molecule has 3 rings (SSSR count). The Balaban J connectivity index is 1.65. The van der Waals surface area contributed by atoms with Crippen molar-refractivity contribution in [1.82, 2.24) is 14.9 Å². The summed E-state index contributed by atoms with van der Waals surface area (Å²) < 4.78 is 5.80. The summed E-state index contributed by atoms with van der Waals surface area (Å²) in [5, 5.41) is 8.82. The molecule has 0 radical (unpaired) electrons. The number of piperidine rings is 1. The molecule has 2 aromatic rings. The average molecular weight is 308 g/mol. The largest absolute Gasteiger partial charge is 0.471 e. The van der Waals surface area contributed by atoms with Crippen LogP contribution in [-0.4, -0.2) is 40.0 Å². The number of carbonyl (C=O) groups is 1. The Morgan fingerprint density at radius 2 is 2.13 bits per heavy atom. The highest BCUT2D eigenvalue weighted by Crippen LogP contribution is 2.18. The predicted molar refractivity (Wildman–Crippen MR) is 82.7 cm³/mol. The zero-order valence-corrected chi connectivity index (χ0v) is 12.6. The SMILES string of the molecule is N#Cc1ccc(C(=O)N2CCC[C@H](Oc3cnccn3)C2)cc1. The number of benzene rings is 1. The third-order valence-electron chi connectivity index (χ3n) is 3.75. The maximum absolute atomic E-state index is 12.6. The summed E-state index contributed by atoms with van der Waals surface area (Å²) in [4.78, 5) is 22.4. The highest BCUT2D eigenvalue weighted by molar-refractivity contribution is 5.94. The van der Waals surface area contributed by atoms with Crippen LogP contribution in [0.1, 0.15) is 28.8 Å². The van der Waals surface area contributed by atoms with Gasteiger partial charge in [-0.15, -0.1) is 0 Å². The van der Waals surface area contributed by atoms with Crippen molar-refractivity contribution in [2.24, 2.45) is 0 Å². The molecule has 0 aliphatic carbocycles. The average Bonchev–Trinajstić information content (AvgIpc) is 2.62. The van der Waals surface area contributed by atoms with Crippen LogP contribution in [0.2, 0.25) is 0 Å². The van der Waals surface area contributed by atoms with E-state index >= 15 is 0 Å². The van der Waals surface area contributed by atoms with Gasteiger partial charge in [-0.3, -0.25) is 9.78 Å². The lowest BCUT2D eigenvalue weighted by Gasteiger charge is -2.32. The molecule has 1 aromatic heterocycles. The number of ether oxygens (including phenoxy) is 1. The summed E-state index contributed by atoms with van der Waals surface area (Å²) in [5.41, 5.74) is 1.13. The molecule has 2 heterocycles. The van der Waals surface area contributed by atoms with Gasteiger partial charge in [0, 0.05) is 24.5 Å². The van der Waals surface area contributed by atoms with E-state index in [4.69, 9.17) is 10.00 Å². The lowest BCUT2D eigenvalue weighted by molar-refractivity contribution is 0.0527. The Kier molecular flexibility index (Phi) is 4.48. The number of hydrogen-bond donors (Lipinski definition) is 0. The van der Waals surface area contributed by atoms with Crippen LogP contribution in [0.4, 0.5) is 0 Å². The number of amides is 1. The van der Waals surface area contributed by atoms with E-state index in [1.165, 1.54) is 0 Å². The van der Waals surface area contributed by atoms with Gasteiger partial charge in [-0.2, -0.15) is 5.26 Å². The molecule has 1 amide bonds. The molecule has 0 saturated carbocycles. The van der Waals surface area contributed by atoms with Crippen molar-refractivity contribution in [2.75, 3.05) is 13.1 Å². The zero-order chi connectivity index (χ0) is 16.1. The number of aromatic nitrogens is 2. The molecule has 116 valence electrons. The summed E-state index contributed by atoms with van der Waals surface area (Å²) in [5.74, 6) is 0.437. The number of rotatable bonds is 3. The third kappa shape index (κ3) is 3.64. The highest BCUT2D eigenvalue weighted by atomic mass is 16.5. The Morgan fingerprint density at radius 1 is 1.30 bits per heavy atom. The van der Waals surface area contributed by atoms with Crippen LogP contribution in [0.3, 0.4) is 0 Å². The van der Waals surface area contributed by atoms with Crippen molar-refractivity contribution in [3.05, 3.63) is 54.0 Å². The number of likely N-dealkylation sites (tertiary alicyclic amines) is 1. The Labute approximate surface area is 134 Å². The lowest BCUT2D eigenvalue weighted by atomic mass is 10.1. The molecule has 1 aromatic carbocycles. The smallest absolute Gasteiger partial charge is 0.253 e. The van der Waals surface area contributed by atoms with Gasteiger partial charge in [0.15, 0.2) is 0 Å². The second kappa shape index (κ2) is 6.88. The van der Waals surface area contributed by atoms with Crippen molar-refractivity contribution in [2.45, 2.75) is 18.9 Å². The number of hydrogen-bond acceptors (Lipinski definition) is 5. The molecule has 6 heteroatoms. The van der Waals surface area contributed by atoms with Gasteiger partial charge >= 0.3 is 0 Å². The van der Waals surface area contributed by atoms with E-state index in [2.05, 4.69) is 9.97 Å². The van der Waals surface area contributed by atoms with E-state index in [9.17, 15) is 4.79 Å². The van der Waals surface area contributed by atoms with Gasteiger partial charge in [-0.1, -0.05) is 0 Å². The van der Waals surface area contributed by atoms with Gasteiger partial charge < -0.3 is 9.64 Å². The first kappa shape index (κ1) is 15.0. The standard InChI is InChI=1S/C17H16N4O2/c18-10-13-3-5-14(6-4-13)17(22)21-9-1-2-15(12-21)23-16-11-19-7-8-20-16/h3-8,11,15H,1-2,9,12H2/t15-/m0/s1. The quantitative estimate of drug-likeness (QED) is 0.867. The third-order valence-corrected chi connectivity index (χ3v) is 3.75. The summed E-state index contributed by atoms with van der Waals surface area (Å²) in [6.07, 6.45) is 6.43. The van der Waals surface area contributed by atoms with E-state index in [1.807, 2.05) is 6.07 Å². The van der Waals surface area contributed by atoms with Crippen LogP contribution in [0.5, 0.6) is 5.88 Å². The minimum Gasteiger partial charge on any atom is -0.471 e. The van der Waals surface area contributed by atoms with Crippen LogP contribution < -0.4 is 4.74 Å². The van der Waals surface area contributed by atoms with Gasteiger partial charge in [0.2, 0.25) is 5.88 Å². The van der Waals surface area contributed by atoms with Crippen LogP contribution in [-0.2, 0) is 0 Å². The van der Waals surface area contributed by atoms with Crippen LogP contribution in [0.15, 0.2) is 42.9 Å². The summed E-state index contributed by atoms with van der Waals surface area (Å²) in [6.45, 7) is 1.23. The van der Waals surface area contributed by atoms with E-state index in [1.54, 1.807) is 47.8 Å². The maximum Gasteiger partial charge on any atom is 0.253 e. The molecule has 23 heavy (non-hydrogen) atoms. The van der Waals surface area contributed by atoms with Crippen molar-refractivity contribution in [3.8, 4) is 11.9 Å². The van der Waals surface area contributed by atoms with Gasteiger partial charge in [0.05, 0.1) is 24.4 Å². The maximum atomic E-state index is 12.6. The summed E-state index contributed by atoms with van der Waals surface area (Å²) >= 11 is 0. The van der Waals surface area contributed by atoms with E-state index < -0.39 is 0 Å². The second-order valence-electron chi connectivity index (χ2n) is 5.37. The number of nitrogens with zero attached hydrogens (tertiary/aromatic N) is 4.